The third kappa shape index (κ3) is 1.02. The molecule has 0 heterocycles. The standard InChI is InChI=1S/C13H13/c1-2-5-10-9-11-6-4-8-13(11)12(10)7-3-1/h1-3,5,7,9,11H,4,6,8H2/q+1. The van der Waals surface area contributed by atoms with Crippen LogP contribution in [-0.4, -0.2) is 0 Å². The summed E-state index contributed by atoms with van der Waals surface area (Å²) in [4.78, 5) is 0. The molecule has 0 aliphatic heterocycles. The van der Waals surface area contributed by atoms with Gasteiger partial charge in [-0.1, -0.05) is 0 Å². The van der Waals surface area contributed by atoms with Crippen molar-refractivity contribution in [2.24, 2.45) is 5.92 Å². The van der Waals surface area contributed by atoms with Gasteiger partial charge in [0.1, 0.15) is 5.22 Å². The SMILES string of the molecule is C1=c2cccc[cH+]c2=C2CCCC12. The minimum atomic E-state index is 0.775. The minimum absolute atomic E-state index is 0.775. The third-order valence-corrected chi connectivity index (χ3v) is 3.21. The van der Waals surface area contributed by atoms with E-state index in [0.717, 1.165) is 5.92 Å². The molecule has 0 amide bonds. The number of rotatable bonds is 0. The topological polar surface area (TPSA) is 0 Å². The largest absolute Gasteiger partial charge is 0.102 e. The summed E-state index contributed by atoms with van der Waals surface area (Å²) in [5.74, 6) is 0.775. The predicted molar refractivity (Wildman–Crippen MR) is 55.3 cm³/mol. The molecule has 13 heavy (non-hydrogen) atoms. The molecule has 0 heteroatoms. The van der Waals surface area contributed by atoms with Crippen LogP contribution in [0.3, 0.4) is 0 Å². The van der Waals surface area contributed by atoms with Crippen LogP contribution >= 0.6 is 0 Å². The highest BCUT2D eigenvalue weighted by molar-refractivity contribution is 5.64. The molecule has 0 saturated heterocycles. The number of fused-ring (bicyclic) bond motifs is 2. The van der Waals surface area contributed by atoms with Crippen molar-refractivity contribution in [2.75, 3.05) is 0 Å². The van der Waals surface area contributed by atoms with Gasteiger partial charge in [-0.15, -0.1) is 0 Å². The van der Waals surface area contributed by atoms with Crippen molar-refractivity contribution in [1.82, 2.24) is 0 Å². The van der Waals surface area contributed by atoms with Crippen molar-refractivity contribution < 1.29 is 0 Å². The second-order valence-electron chi connectivity index (χ2n) is 3.97. The molecule has 2 aliphatic carbocycles. The average Bonchev–Trinajstić information content (AvgIpc) is 2.61. The van der Waals surface area contributed by atoms with Crippen LogP contribution in [0.25, 0.3) is 11.6 Å². The summed E-state index contributed by atoms with van der Waals surface area (Å²) in [6.07, 6.45) is 6.51. The van der Waals surface area contributed by atoms with E-state index in [4.69, 9.17) is 0 Å². The third-order valence-electron chi connectivity index (χ3n) is 3.21. The van der Waals surface area contributed by atoms with Gasteiger partial charge >= 0.3 is 0 Å². The Balaban J connectivity index is 2.43. The Morgan fingerprint density at radius 2 is 2.31 bits per heavy atom. The van der Waals surface area contributed by atoms with Crippen LogP contribution in [0.2, 0.25) is 0 Å². The first kappa shape index (κ1) is 7.25. The van der Waals surface area contributed by atoms with Crippen LogP contribution in [0.15, 0.2) is 30.3 Å². The Labute approximate surface area is 78.2 Å². The van der Waals surface area contributed by atoms with Gasteiger partial charge in [-0.2, -0.15) is 0 Å². The average molecular weight is 169 g/mol. The van der Waals surface area contributed by atoms with E-state index in [-0.39, 0.29) is 0 Å². The van der Waals surface area contributed by atoms with Crippen LogP contribution in [0, 0.1) is 5.92 Å². The van der Waals surface area contributed by atoms with Gasteiger partial charge in [-0.25, -0.2) is 0 Å². The molecule has 1 aromatic rings. The highest BCUT2D eigenvalue weighted by Gasteiger charge is 2.27. The molecule has 1 aromatic carbocycles. The lowest BCUT2D eigenvalue weighted by Gasteiger charge is -1.92. The number of hydrogen-bond acceptors (Lipinski definition) is 0. The van der Waals surface area contributed by atoms with Crippen molar-refractivity contribution in [2.45, 2.75) is 19.3 Å². The molecular formula is C13H13+. The fourth-order valence-electron chi connectivity index (χ4n) is 2.61. The van der Waals surface area contributed by atoms with Crippen LogP contribution in [-0.2, 0) is 0 Å². The second-order valence-corrected chi connectivity index (χ2v) is 3.97. The first-order chi connectivity index (χ1) is 6.45. The Morgan fingerprint density at radius 3 is 3.31 bits per heavy atom. The lowest BCUT2D eigenvalue weighted by atomic mass is 10.1. The van der Waals surface area contributed by atoms with Gasteiger partial charge in [-0.3, -0.25) is 0 Å². The fourth-order valence-corrected chi connectivity index (χ4v) is 2.61. The Kier molecular flexibility index (Phi) is 1.49. The van der Waals surface area contributed by atoms with E-state index in [0.29, 0.717) is 0 Å². The molecule has 1 unspecified atom stereocenters. The van der Waals surface area contributed by atoms with E-state index in [1.807, 2.05) is 0 Å². The normalized spacial score (nSPS) is 23.7. The summed E-state index contributed by atoms with van der Waals surface area (Å²) in [7, 11) is 0. The van der Waals surface area contributed by atoms with Crippen molar-refractivity contribution in [1.29, 1.82) is 0 Å². The maximum atomic E-state index is 2.44. The summed E-state index contributed by atoms with van der Waals surface area (Å²) in [5, 5.41) is 2.96. The molecule has 64 valence electrons. The summed E-state index contributed by atoms with van der Waals surface area (Å²) >= 11 is 0. The quantitative estimate of drug-likeness (QED) is 0.519. The van der Waals surface area contributed by atoms with E-state index in [2.05, 4.69) is 36.4 Å². The summed E-state index contributed by atoms with van der Waals surface area (Å²) in [5.41, 5.74) is 1.69. The Morgan fingerprint density at radius 1 is 1.31 bits per heavy atom. The molecule has 0 spiro atoms. The molecular weight excluding hydrogens is 156 g/mol. The van der Waals surface area contributed by atoms with Gasteiger partial charge in [0, 0.05) is 36.1 Å². The molecule has 0 aromatic heterocycles. The fraction of sp³-hybridized carbons (Fsp3) is 0.308. The van der Waals surface area contributed by atoms with Gasteiger partial charge in [0.15, 0.2) is 0 Å². The van der Waals surface area contributed by atoms with Crippen LogP contribution in [0.5, 0.6) is 0 Å². The van der Waals surface area contributed by atoms with Crippen LogP contribution < -0.4 is 10.4 Å². The highest BCUT2D eigenvalue weighted by atomic mass is 14.3. The van der Waals surface area contributed by atoms with Crippen molar-refractivity contribution >= 4 is 11.6 Å². The van der Waals surface area contributed by atoms with Gasteiger partial charge in [0.2, 0.25) is 0 Å². The highest BCUT2D eigenvalue weighted by Crippen LogP contribution is 2.33. The molecule has 0 radical (unpaired) electrons. The predicted octanol–water partition coefficient (Wildman–Crippen LogP) is 1.71. The van der Waals surface area contributed by atoms with Crippen LogP contribution in [0.4, 0.5) is 0 Å². The molecule has 0 N–H and O–H groups in total. The monoisotopic (exact) mass is 169 g/mol. The van der Waals surface area contributed by atoms with Crippen molar-refractivity contribution in [3.63, 3.8) is 0 Å². The van der Waals surface area contributed by atoms with Gasteiger partial charge in [0.05, 0.1) is 5.22 Å². The summed E-state index contributed by atoms with van der Waals surface area (Å²) < 4.78 is 0. The van der Waals surface area contributed by atoms with E-state index in [1.54, 1.807) is 5.57 Å². The summed E-state index contributed by atoms with van der Waals surface area (Å²) in [6.45, 7) is 0. The first-order valence-corrected chi connectivity index (χ1v) is 5.08. The molecule has 3 rings (SSSR count). The molecule has 0 bridgehead atoms. The molecule has 2 aliphatic rings. The molecule has 1 fully saturated rings. The maximum Gasteiger partial charge on any atom is 0.102 e. The van der Waals surface area contributed by atoms with Crippen molar-refractivity contribution in [3.8, 4) is 0 Å². The van der Waals surface area contributed by atoms with Crippen LogP contribution in [0.1, 0.15) is 19.3 Å². The first-order valence-electron chi connectivity index (χ1n) is 5.08. The Hall–Kier alpha value is -1.17. The lowest BCUT2D eigenvalue weighted by molar-refractivity contribution is 0.810. The molecule has 1 atom stereocenters. The van der Waals surface area contributed by atoms with Gasteiger partial charge in [-0.05, 0) is 31.1 Å². The number of hydrogen-bond donors (Lipinski definition) is 0. The molecule has 1 saturated carbocycles. The zero-order valence-corrected chi connectivity index (χ0v) is 7.66. The van der Waals surface area contributed by atoms with E-state index < -0.39 is 0 Å². The van der Waals surface area contributed by atoms with Gasteiger partial charge < -0.3 is 0 Å². The molecule has 0 nitrogen and oxygen atoms in total. The zero-order chi connectivity index (χ0) is 8.67. The zero-order valence-electron chi connectivity index (χ0n) is 7.66. The summed E-state index contributed by atoms with van der Waals surface area (Å²) in [6, 6.07) is 10.9. The van der Waals surface area contributed by atoms with Gasteiger partial charge in [0.25, 0.3) is 0 Å². The maximum absolute atomic E-state index is 2.44. The Bertz CT molecular complexity index is 460. The lowest BCUT2D eigenvalue weighted by Crippen LogP contribution is -2.19. The smallest absolute Gasteiger partial charge is 0.0391 e. The van der Waals surface area contributed by atoms with E-state index in [9.17, 15) is 0 Å². The minimum Gasteiger partial charge on any atom is -0.0391 e. The second kappa shape index (κ2) is 2.66. The van der Waals surface area contributed by atoms with E-state index >= 15 is 0 Å². The van der Waals surface area contributed by atoms with Crippen molar-refractivity contribution in [3.05, 3.63) is 40.8 Å². The van der Waals surface area contributed by atoms with E-state index in [1.165, 1.54) is 29.7 Å².